The number of nitrogens with zero attached hydrogens (tertiary/aromatic N) is 1. The van der Waals surface area contributed by atoms with Crippen LogP contribution in [0.25, 0.3) is 0 Å². The molecule has 1 aliphatic heterocycles. The van der Waals surface area contributed by atoms with E-state index in [1.165, 1.54) is 12.1 Å². The second kappa shape index (κ2) is 7.24. The van der Waals surface area contributed by atoms with E-state index in [9.17, 15) is 9.18 Å². The van der Waals surface area contributed by atoms with Gasteiger partial charge in [0.05, 0.1) is 13.2 Å². The molecule has 1 aliphatic rings. The zero-order valence-electron chi connectivity index (χ0n) is 12.7. The maximum absolute atomic E-state index is 13.5. The van der Waals surface area contributed by atoms with Gasteiger partial charge >= 0.3 is 0 Å². The molecule has 4 nitrogen and oxygen atoms in total. The minimum Gasteiger partial charge on any atom is -0.481 e. The first-order chi connectivity index (χ1) is 11.2. The third-order valence-corrected chi connectivity index (χ3v) is 3.78. The molecule has 2 aromatic rings. The molecule has 0 aromatic heterocycles. The van der Waals surface area contributed by atoms with E-state index in [0.29, 0.717) is 19.7 Å². The molecule has 1 saturated heterocycles. The Morgan fingerprint density at radius 2 is 1.91 bits per heavy atom. The summed E-state index contributed by atoms with van der Waals surface area (Å²) in [6.07, 6.45) is -0.137. The Bertz CT molecular complexity index is 662. The summed E-state index contributed by atoms with van der Waals surface area (Å²) in [5, 5.41) is 0. The van der Waals surface area contributed by atoms with Crippen LogP contribution >= 0.6 is 0 Å². The van der Waals surface area contributed by atoms with Crippen LogP contribution in [0.2, 0.25) is 0 Å². The molecule has 1 atom stereocenters. The van der Waals surface area contributed by atoms with Crippen LogP contribution in [0.5, 0.6) is 5.75 Å². The van der Waals surface area contributed by atoms with Crippen LogP contribution in [-0.4, -0.2) is 37.1 Å². The van der Waals surface area contributed by atoms with Gasteiger partial charge in [-0.3, -0.25) is 4.79 Å². The van der Waals surface area contributed by atoms with Crippen molar-refractivity contribution < 1.29 is 18.7 Å². The number of carbonyl (C=O) groups excluding carboxylic acids is 1. The summed E-state index contributed by atoms with van der Waals surface area (Å²) in [7, 11) is 0. The molecule has 1 amide bonds. The van der Waals surface area contributed by atoms with Crippen LogP contribution in [-0.2, 0) is 9.53 Å². The van der Waals surface area contributed by atoms with Gasteiger partial charge in [-0.1, -0.05) is 42.5 Å². The summed E-state index contributed by atoms with van der Waals surface area (Å²) in [4.78, 5) is 14.0. The fourth-order valence-electron chi connectivity index (χ4n) is 2.54. The van der Waals surface area contributed by atoms with Crippen molar-refractivity contribution in [3.05, 3.63) is 66.0 Å². The molecular formula is C18H18FNO3. The van der Waals surface area contributed by atoms with Gasteiger partial charge in [0.1, 0.15) is 6.10 Å². The lowest BCUT2D eigenvalue weighted by atomic mass is 10.1. The van der Waals surface area contributed by atoms with Crippen molar-refractivity contribution in [2.75, 3.05) is 26.3 Å². The van der Waals surface area contributed by atoms with Gasteiger partial charge in [-0.05, 0) is 17.7 Å². The molecule has 0 saturated carbocycles. The average Bonchev–Trinajstić information content (AvgIpc) is 2.62. The largest absolute Gasteiger partial charge is 0.481 e. The Labute approximate surface area is 134 Å². The topological polar surface area (TPSA) is 38.8 Å². The predicted molar refractivity (Wildman–Crippen MR) is 83.6 cm³/mol. The lowest BCUT2D eigenvalue weighted by Crippen LogP contribution is -2.44. The minimum absolute atomic E-state index is 0.0914. The van der Waals surface area contributed by atoms with E-state index in [1.807, 2.05) is 30.3 Å². The highest BCUT2D eigenvalue weighted by atomic mass is 19.1. The van der Waals surface area contributed by atoms with Crippen LogP contribution < -0.4 is 4.74 Å². The van der Waals surface area contributed by atoms with E-state index in [4.69, 9.17) is 9.47 Å². The SMILES string of the molecule is O=C(COc1ccccc1F)N1CCOC(c2ccccc2)C1. The Kier molecular flexibility index (Phi) is 4.88. The molecule has 23 heavy (non-hydrogen) atoms. The molecule has 5 heteroatoms. The van der Waals surface area contributed by atoms with E-state index < -0.39 is 5.82 Å². The number of amides is 1. The van der Waals surface area contributed by atoms with Crippen LogP contribution in [0.3, 0.4) is 0 Å². The molecule has 0 N–H and O–H groups in total. The third kappa shape index (κ3) is 3.87. The summed E-state index contributed by atoms with van der Waals surface area (Å²) >= 11 is 0. The molecule has 0 spiro atoms. The number of carbonyl (C=O) groups is 1. The Morgan fingerprint density at radius 3 is 2.70 bits per heavy atom. The summed E-state index contributed by atoms with van der Waals surface area (Å²) < 4.78 is 24.5. The first-order valence-electron chi connectivity index (χ1n) is 7.55. The highest BCUT2D eigenvalue weighted by Crippen LogP contribution is 2.22. The number of halogens is 1. The van der Waals surface area contributed by atoms with Gasteiger partial charge in [-0.15, -0.1) is 0 Å². The molecule has 1 unspecified atom stereocenters. The van der Waals surface area contributed by atoms with Crippen molar-refractivity contribution in [3.8, 4) is 5.75 Å². The molecule has 2 aromatic carbocycles. The first kappa shape index (κ1) is 15.5. The Balaban J connectivity index is 1.58. The summed E-state index contributed by atoms with van der Waals surface area (Å²) in [5.74, 6) is -0.546. The second-order valence-electron chi connectivity index (χ2n) is 5.33. The Hall–Kier alpha value is -2.40. The number of hydrogen-bond acceptors (Lipinski definition) is 3. The molecule has 3 rings (SSSR count). The summed E-state index contributed by atoms with van der Waals surface area (Å²) in [5.41, 5.74) is 1.04. The lowest BCUT2D eigenvalue weighted by molar-refractivity contribution is -0.141. The molecular weight excluding hydrogens is 297 g/mol. The van der Waals surface area contributed by atoms with Crippen molar-refractivity contribution in [2.45, 2.75) is 6.10 Å². The number of morpholine rings is 1. The van der Waals surface area contributed by atoms with E-state index in [2.05, 4.69) is 0 Å². The smallest absolute Gasteiger partial charge is 0.260 e. The predicted octanol–water partition coefficient (Wildman–Crippen LogP) is 2.80. The van der Waals surface area contributed by atoms with Crippen LogP contribution in [0, 0.1) is 5.82 Å². The van der Waals surface area contributed by atoms with Crippen LogP contribution in [0.1, 0.15) is 11.7 Å². The lowest BCUT2D eigenvalue weighted by Gasteiger charge is -2.33. The molecule has 0 radical (unpaired) electrons. The number of benzene rings is 2. The van der Waals surface area contributed by atoms with Crippen molar-refractivity contribution in [1.82, 2.24) is 4.90 Å². The highest BCUT2D eigenvalue weighted by molar-refractivity contribution is 5.78. The Morgan fingerprint density at radius 1 is 1.17 bits per heavy atom. The van der Waals surface area contributed by atoms with Gasteiger partial charge in [-0.25, -0.2) is 4.39 Å². The fraction of sp³-hybridized carbons (Fsp3) is 0.278. The maximum Gasteiger partial charge on any atom is 0.260 e. The summed E-state index contributed by atoms with van der Waals surface area (Å²) in [6.45, 7) is 1.29. The van der Waals surface area contributed by atoms with E-state index in [-0.39, 0.29) is 24.4 Å². The molecule has 0 aliphatic carbocycles. The number of para-hydroxylation sites is 1. The van der Waals surface area contributed by atoms with Crippen LogP contribution in [0.4, 0.5) is 4.39 Å². The third-order valence-electron chi connectivity index (χ3n) is 3.78. The normalized spacial score (nSPS) is 17.8. The van der Waals surface area contributed by atoms with Gasteiger partial charge < -0.3 is 14.4 Å². The zero-order valence-corrected chi connectivity index (χ0v) is 12.7. The molecule has 1 heterocycles. The average molecular weight is 315 g/mol. The zero-order chi connectivity index (χ0) is 16.1. The van der Waals surface area contributed by atoms with Crippen molar-refractivity contribution >= 4 is 5.91 Å². The fourth-order valence-corrected chi connectivity index (χ4v) is 2.54. The highest BCUT2D eigenvalue weighted by Gasteiger charge is 2.25. The summed E-state index contributed by atoms with van der Waals surface area (Å²) in [6, 6.07) is 15.9. The molecule has 120 valence electrons. The minimum atomic E-state index is -0.468. The van der Waals surface area contributed by atoms with Crippen molar-refractivity contribution in [3.63, 3.8) is 0 Å². The number of rotatable bonds is 4. The van der Waals surface area contributed by atoms with Gasteiger partial charge in [0, 0.05) is 6.54 Å². The first-order valence-corrected chi connectivity index (χ1v) is 7.55. The van der Waals surface area contributed by atoms with E-state index in [0.717, 1.165) is 5.56 Å². The quantitative estimate of drug-likeness (QED) is 0.871. The van der Waals surface area contributed by atoms with Gasteiger partial charge in [-0.2, -0.15) is 0 Å². The maximum atomic E-state index is 13.5. The van der Waals surface area contributed by atoms with Crippen molar-refractivity contribution in [1.29, 1.82) is 0 Å². The van der Waals surface area contributed by atoms with Gasteiger partial charge in [0.15, 0.2) is 18.2 Å². The monoisotopic (exact) mass is 315 g/mol. The molecule has 0 bridgehead atoms. The van der Waals surface area contributed by atoms with E-state index >= 15 is 0 Å². The van der Waals surface area contributed by atoms with Crippen LogP contribution in [0.15, 0.2) is 54.6 Å². The molecule has 1 fully saturated rings. The number of ether oxygens (including phenoxy) is 2. The van der Waals surface area contributed by atoms with Gasteiger partial charge in [0.2, 0.25) is 0 Å². The number of hydrogen-bond donors (Lipinski definition) is 0. The van der Waals surface area contributed by atoms with E-state index in [1.54, 1.807) is 17.0 Å². The van der Waals surface area contributed by atoms with Gasteiger partial charge in [0.25, 0.3) is 5.91 Å². The standard InChI is InChI=1S/C18H18FNO3/c19-15-8-4-5-9-16(15)23-13-18(21)20-10-11-22-17(12-20)14-6-2-1-3-7-14/h1-9,17H,10-13H2. The van der Waals surface area contributed by atoms with Crippen molar-refractivity contribution in [2.24, 2.45) is 0 Å². The second-order valence-corrected chi connectivity index (χ2v) is 5.33.